The highest BCUT2D eigenvalue weighted by molar-refractivity contribution is 7.18. The normalized spacial score (nSPS) is 19.1. The van der Waals surface area contributed by atoms with Crippen molar-refractivity contribution >= 4 is 28.2 Å². The summed E-state index contributed by atoms with van der Waals surface area (Å²) in [5.74, 6) is 0.0497. The number of nitrogens with one attached hydrogen (secondary N) is 1. The van der Waals surface area contributed by atoms with Crippen LogP contribution < -0.4 is 11.1 Å². The van der Waals surface area contributed by atoms with E-state index in [1.807, 2.05) is 0 Å². The minimum Gasteiger partial charge on any atom is -0.394 e. The van der Waals surface area contributed by atoms with Crippen LogP contribution in [0.5, 0.6) is 0 Å². The Hall–Kier alpha value is -1.38. The first-order valence-corrected chi connectivity index (χ1v) is 7.48. The molecule has 0 saturated carbocycles. The number of nitrogens with two attached hydrogens (primary N) is 1. The minimum atomic E-state index is -0.315. The number of nitrogen functional groups attached to an aromatic ring is 1. The Morgan fingerprint density at radius 3 is 3.20 bits per heavy atom. The second-order valence-electron chi connectivity index (χ2n) is 4.57. The smallest absolute Gasteiger partial charge is 0.268 e. The quantitative estimate of drug-likeness (QED) is 0.727. The molecule has 1 atom stereocenters. The van der Waals surface area contributed by atoms with Crippen molar-refractivity contribution in [2.24, 2.45) is 0 Å². The lowest BCUT2D eigenvalue weighted by Crippen LogP contribution is -2.50. The van der Waals surface area contributed by atoms with Crippen molar-refractivity contribution in [1.82, 2.24) is 9.88 Å². The van der Waals surface area contributed by atoms with Gasteiger partial charge in [-0.25, -0.2) is 4.98 Å². The van der Waals surface area contributed by atoms with E-state index >= 15 is 0 Å². The van der Waals surface area contributed by atoms with E-state index in [0.29, 0.717) is 29.8 Å². The summed E-state index contributed by atoms with van der Waals surface area (Å²) >= 11 is 1.25. The van der Waals surface area contributed by atoms with E-state index in [1.165, 1.54) is 11.3 Å². The highest BCUT2D eigenvalue weighted by Crippen LogP contribution is 2.27. The largest absolute Gasteiger partial charge is 0.394 e. The highest BCUT2D eigenvalue weighted by atomic mass is 32.1. The number of amides is 1. The van der Waals surface area contributed by atoms with Gasteiger partial charge in [-0.3, -0.25) is 4.79 Å². The summed E-state index contributed by atoms with van der Waals surface area (Å²) in [6.45, 7) is 4.00. The fourth-order valence-corrected chi connectivity index (χ4v) is 2.86. The average Bonchev–Trinajstić information content (AvgIpc) is 2.85. The van der Waals surface area contributed by atoms with Crippen LogP contribution in [0.1, 0.15) is 23.0 Å². The van der Waals surface area contributed by atoms with E-state index in [0.717, 1.165) is 13.0 Å². The van der Waals surface area contributed by atoms with E-state index in [4.69, 9.17) is 10.5 Å². The monoisotopic (exact) mass is 300 g/mol. The molecule has 0 aromatic carbocycles. The Balaban J connectivity index is 2.13. The van der Waals surface area contributed by atoms with Crippen molar-refractivity contribution in [3.63, 3.8) is 0 Å². The van der Waals surface area contributed by atoms with Crippen LogP contribution in [-0.2, 0) is 4.74 Å². The molecule has 7 nitrogen and oxygen atoms in total. The van der Waals surface area contributed by atoms with Crippen molar-refractivity contribution in [2.75, 3.05) is 44.0 Å². The molecule has 0 aliphatic carbocycles. The maximum Gasteiger partial charge on any atom is 0.268 e. The first-order chi connectivity index (χ1) is 9.67. The Kier molecular flexibility index (Phi) is 5.16. The molecule has 1 aliphatic heterocycles. The first kappa shape index (κ1) is 15.0. The molecule has 1 unspecified atom stereocenters. The van der Waals surface area contributed by atoms with Crippen LogP contribution in [0.3, 0.4) is 0 Å². The van der Waals surface area contributed by atoms with E-state index in [9.17, 15) is 9.90 Å². The lowest BCUT2D eigenvalue weighted by atomic mass is 10.2. The standard InChI is InChI=1S/C12H20N4O3S/c1-2-3-14-12-15-10(13)9(20-12)11(18)16-4-5-19-7-8(16)6-17/h8,17H,2-7,13H2,1H3,(H,14,15). The summed E-state index contributed by atoms with van der Waals surface area (Å²) in [5.41, 5.74) is 5.83. The number of thiazole rings is 1. The molecular formula is C12H20N4O3S. The SMILES string of the molecule is CCCNc1nc(N)c(C(=O)N2CCOCC2CO)s1. The maximum atomic E-state index is 12.5. The summed E-state index contributed by atoms with van der Waals surface area (Å²) in [6, 6.07) is -0.315. The third-order valence-electron chi connectivity index (χ3n) is 3.07. The predicted molar refractivity (Wildman–Crippen MR) is 78.0 cm³/mol. The number of morpholine rings is 1. The number of hydrogen-bond acceptors (Lipinski definition) is 7. The molecule has 1 amide bonds. The van der Waals surface area contributed by atoms with Gasteiger partial charge in [0.1, 0.15) is 10.7 Å². The first-order valence-electron chi connectivity index (χ1n) is 6.67. The van der Waals surface area contributed by atoms with E-state index in [-0.39, 0.29) is 24.4 Å². The summed E-state index contributed by atoms with van der Waals surface area (Å²) in [5, 5.41) is 13.1. The third kappa shape index (κ3) is 3.20. The Labute approximate surface area is 121 Å². The van der Waals surface area contributed by atoms with Crippen molar-refractivity contribution < 1.29 is 14.6 Å². The van der Waals surface area contributed by atoms with Crippen LogP contribution >= 0.6 is 11.3 Å². The second-order valence-corrected chi connectivity index (χ2v) is 5.57. The molecule has 2 rings (SSSR count). The summed E-state index contributed by atoms with van der Waals surface area (Å²) in [4.78, 5) is 18.7. The fraction of sp³-hybridized carbons (Fsp3) is 0.667. The zero-order valence-corrected chi connectivity index (χ0v) is 12.3. The number of anilines is 2. The number of rotatable bonds is 5. The van der Waals surface area contributed by atoms with Crippen LogP contribution in [0.25, 0.3) is 0 Å². The van der Waals surface area contributed by atoms with Crippen molar-refractivity contribution in [3.8, 4) is 0 Å². The topological polar surface area (TPSA) is 101 Å². The molecule has 1 aromatic rings. The molecule has 20 heavy (non-hydrogen) atoms. The molecule has 8 heteroatoms. The molecule has 1 aliphatic rings. The van der Waals surface area contributed by atoms with Crippen molar-refractivity contribution in [2.45, 2.75) is 19.4 Å². The summed E-state index contributed by atoms with van der Waals surface area (Å²) in [7, 11) is 0. The molecule has 4 N–H and O–H groups in total. The Morgan fingerprint density at radius 1 is 1.70 bits per heavy atom. The van der Waals surface area contributed by atoms with E-state index in [1.54, 1.807) is 4.90 Å². The predicted octanol–water partition coefficient (Wildman–Crippen LogP) is 0.381. The number of aliphatic hydroxyl groups excluding tert-OH is 1. The van der Waals surface area contributed by atoms with Gasteiger partial charge in [0.05, 0.1) is 25.9 Å². The van der Waals surface area contributed by atoms with Crippen molar-refractivity contribution in [1.29, 1.82) is 0 Å². The van der Waals surface area contributed by atoms with Gasteiger partial charge in [0.15, 0.2) is 5.13 Å². The van der Waals surface area contributed by atoms with Gasteiger partial charge in [0.2, 0.25) is 0 Å². The fourth-order valence-electron chi connectivity index (χ4n) is 2.00. The highest BCUT2D eigenvalue weighted by Gasteiger charge is 2.30. The Morgan fingerprint density at radius 2 is 2.50 bits per heavy atom. The number of aromatic nitrogens is 1. The number of carbonyl (C=O) groups excluding carboxylic acids is 1. The van der Waals surface area contributed by atoms with E-state index in [2.05, 4.69) is 17.2 Å². The molecule has 1 saturated heterocycles. The molecular weight excluding hydrogens is 280 g/mol. The van der Waals surface area contributed by atoms with Crippen LogP contribution in [0.4, 0.5) is 10.9 Å². The van der Waals surface area contributed by atoms with Gasteiger partial charge in [-0.05, 0) is 6.42 Å². The summed E-state index contributed by atoms with van der Waals surface area (Å²) < 4.78 is 5.27. The lowest BCUT2D eigenvalue weighted by molar-refractivity contribution is -0.0181. The Bertz CT molecular complexity index is 466. The molecule has 2 heterocycles. The van der Waals surface area contributed by atoms with Crippen LogP contribution in [-0.4, -0.2) is 59.8 Å². The van der Waals surface area contributed by atoms with Gasteiger partial charge in [-0.2, -0.15) is 0 Å². The summed E-state index contributed by atoms with van der Waals surface area (Å²) in [6.07, 6.45) is 0.971. The number of nitrogens with zero attached hydrogens (tertiary/aromatic N) is 2. The molecule has 0 spiro atoms. The van der Waals surface area contributed by atoms with Crippen LogP contribution in [0.2, 0.25) is 0 Å². The zero-order valence-electron chi connectivity index (χ0n) is 11.5. The minimum absolute atomic E-state index is 0.120. The number of carbonyl (C=O) groups is 1. The number of ether oxygens (including phenoxy) is 1. The van der Waals surface area contributed by atoms with Gasteiger partial charge in [-0.15, -0.1) is 0 Å². The van der Waals surface area contributed by atoms with Gasteiger partial charge in [0.25, 0.3) is 5.91 Å². The van der Waals surface area contributed by atoms with E-state index < -0.39 is 0 Å². The molecule has 112 valence electrons. The van der Waals surface area contributed by atoms with Crippen molar-refractivity contribution in [3.05, 3.63) is 4.88 Å². The molecule has 1 aromatic heterocycles. The lowest BCUT2D eigenvalue weighted by Gasteiger charge is -2.34. The molecule has 0 bridgehead atoms. The average molecular weight is 300 g/mol. The maximum absolute atomic E-state index is 12.5. The van der Waals surface area contributed by atoms with Gasteiger partial charge in [-0.1, -0.05) is 18.3 Å². The van der Waals surface area contributed by atoms with Gasteiger partial charge < -0.3 is 25.8 Å². The molecule has 0 radical (unpaired) electrons. The van der Waals surface area contributed by atoms with Gasteiger partial charge in [0, 0.05) is 13.1 Å². The molecule has 1 fully saturated rings. The zero-order chi connectivity index (χ0) is 14.5. The number of aliphatic hydroxyl groups is 1. The van der Waals surface area contributed by atoms with Gasteiger partial charge >= 0.3 is 0 Å². The van der Waals surface area contributed by atoms with Crippen LogP contribution in [0, 0.1) is 0 Å². The third-order valence-corrected chi connectivity index (χ3v) is 4.09. The van der Waals surface area contributed by atoms with Crippen LogP contribution in [0.15, 0.2) is 0 Å². The number of hydrogen-bond donors (Lipinski definition) is 3. The second kappa shape index (κ2) is 6.87.